The van der Waals surface area contributed by atoms with Gasteiger partial charge in [-0.2, -0.15) is 13.2 Å². The summed E-state index contributed by atoms with van der Waals surface area (Å²) in [6.45, 7) is -0.953. The van der Waals surface area contributed by atoms with E-state index in [-0.39, 0.29) is 32.5 Å². The molecule has 0 saturated heterocycles. The zero-order valence-electron chi connectivity index (χ0n) is 16.4. The van der Waals surface area contributed by atoms with Crippen molar-refractivity contribution >= 4 is 5.97 Å². The normalized spacial score (nSPS) is 11.9. The molecule has 0 bridgehead atoms. The van der Waals surface area contributed by atoms with Crippen LogP contribution in [0.3, 0.4) is 0 Å². The lowest BCUT2D eigenvalue weighted by Gasteiger charge is -2.18. The number of rotatable bonds is 12. The minimum Gasteiger partial charge on any atom is -0.484 e. The van der Waals surface area contributed by atoms with Crippen molar-refractivity contribution in [3.63, 3.8) is 0 Å². The van der Waals surface area contributed by atoms with Crippen LogP contribution in [0.4, 0.5) is 17.6 Å². The monoisotopic (exact) mass is 447 g/mol. The van der Waals surface area contributed by atoms with Crippen LogP contribution in [-0.2, 0) is 20.7 Å². The molecule has 1 aromatic rings. The van der Waals surface area contributed by atoms with Crippen molar-refractivity contribution in [1.82, 2.24) is 0 Å². The van der Waals surface area contributed by atoms with Gasteiger partial charge in [0.15, 0.2) is 25.1 Å². The molecule has 0 aliphatic carbocycles. The predicted octanol–water partition coefficient (Wildman–Crippen LogP) is 1.50. The average Bonchev–Trinajstić information content (AvgIpc) is 2.69. The predicted molar refractivity (Wildman–Crippen MR) is 95.4 cm³/mol. The number of carboxylic acid groups (broad SMARTS) is 1. The molecule has 0 aromatic heterocycles. The molecule has 174 valence electrons. The molecule has 0 aliphatic rings. The minimum absolute atomic E-state index is 0.00872. The number of aliphatic hydroxyl groups is 1. The number of hydrogen-bond donors (Lipinski definition) is 3. The summed E-state index contributed by atoms with van der Waals surface area (Å²) >= 11 is 0. The average molecular weight is 447 g/mol. The number of carboxylic acids is 1. The highest BCUT2D eigenvalue weighted by atomic mass is 19.4. The maximum absolute atomic E-state index is 12.4. The van der Waals surface area contributed by atoms with Crippen molar-refractivity contribution in [2.75, 3.05) is 47.7 Å². The Morgan fingerprint density at radius 2 is 1.57 bits per heavy atom. The SMILES string of the molecule is COCOc1cc(CC(N)CO)cc(OCOC)c1OCCF.O=C(O)C(F)(F)F. The molecule has 0 fully saturated rings. The number of carbonyl (C=O) groups is 1. The number of halogens is 4. The van der Waals surface area contributed by atoms with Crippen LogP contribution in [0.15, 0.2) is 12.1 Å². The molecule has 1 unspecified atom stereocenters. The first-order chi connectivity index (χ1) is 14.1. The molecule has 1 aromatic carbocycles. The highest BCUT2D eigenvalue weighted by Gasteiger charge is 2.38. The molecular formula is C17H25F4NO8. The van der Waals surface area contributed by atoms with Crippen LogP contribution in [0.1, 0.15) is 5.56 Å². The third kappa shape index (κ3) is 11.0. The van der Waals surface area contributed by atoms with Crippen molar-refractivity contribution in [3.05, 3.63) is 17.7 Å². The summed E-state index contributed by atoms with van der Waals surface area (Å²) in [5, 5.41) is 16.2. The van der Waals surface area contributed by atoms with E-state index in [1.165, 1.54) is 14.2 Å². The lowest BCUT2D eigenvalue weighted by Crippen LogP contribution is -2.26. The van der Waals surface area contributed by atoms with E-state index in [0.717, 1.165) is 5.56 Å². The molecule has 1 atom stereocenters. The number of ether oxygens (including phenoxy) is 5. The summed E-state index contributed by atoms with van der Waals surface area (Å²) in [6, 6.07) is 2.97. The number of aliphatic carboxylic acids is 1. The maximum Gasteiger partial charge on any atom is 0.490 e. The molecule has 0 heterocycles. The Labute approximate surface area is 170 Å². The zero-order chi connectivity index (χ0) is 23.2. The van der Waals surface area contributed by atoms with Gasteiger partial charge in [0, 0.05) is 20.3 Å². The van der Waals surface area contributed by atoms with Gasteiger partial charge in [0.25, 0.3) is 0 Å². The van der Waals surface area contributed by atoms with Gasteiger partial charge in [-0.3, -0.25) is 0 Å². The fraction of sp³-hybridized carbons (Fsp3) is 0.588. The van der Waals surface area contributed by atoms with E-state index in [1.807, 2.05) is 0 Å². The van der Waals surface area contributed by atoms with Crippen molar-refractivity contribution in [1.29, 1.82) is 0 Å². The van der Waals surface area contributed by atoms with Crippen LogP contribution < -0.4 is 19.9 Å². The second-order valence-corrected chi connectivity index (χ2v) is 5.51. The Morgan fingerprint density at radius 3 is 1.90 bits per heavy atom. The maximum atomic E-state index is 12.4. The van der Waals surface area contributed by atoms with Gasteiger partial charge >= 0.3 is 12.1 Å². The summed E-state index contributed by atoms with van der Waals surface area (Å²) in [7, 11) is 2.96. The third-order valence-electron chi connectivity index (χ3n) is 3.04. The van der Waals surface area contributed by atoms with Gasteiger partial charge in [0.1, 0.15) is 13.3 Å². The first kappa shape index (κ1) is 27.6. The van der Waals surface area contributed by atoms with E-state index < -0.39 is 24.9 Å². The molecule has 0 saturated carbocycles. The van der Waals surface area contributed by atoms with Gasteiger partial charge in [-0.25, -0.2) is 9.18 Å². The van der Waals surface area contributed by atoms with Gasteiger partial charge < -0.3 is 39.6 Å². The Hall–Kier alpha value is -2.35. The quantitative estimate of drug-likeness (QED) is 0.322. The number of methoxy groups -OCH3 is 2. The first-order valence-electron chi connectivity index (χ1n) is 8.36. The number of nitrogens with two attached hydrogens (primary N) is 1. The molecule has 0 radical (unpaired) electrons. The molecular weight excluding hydrogens is 422 g/mol. The highest BCUT2D eigenvalue weighted by Crippen LogP contribution is 2.39. The van der Waals surface area contributed by atoms with Gasteiger partial charge in [0.05, 0.1) is 6.61 Å². The largest absolute Gasteiger partial charge is 0.490 e. The molecule has 9 nitrogen and oxygen atoms in total. The fourth-order valence-electron chi connectivity index (χ4n) is 1.86. The van der Waals surface area contributed by atoms with E-state index in [0.29, 0.717) is 17.9 Å². The Kier molecular flexibility index (Phi) is 13.5. The van der Waals surface area contributed by atoms with Crippen molar-refractivity contribution in [3.8, 4) is 17.2 Å². The minimum atomic E-state index is -5.08. The van der Waals surface area contributed by atoms with Crippen LogP contribution in [0.5, 0.6) is 17.2 Å². The first-order valence-corrected chi connectivity index (χ1v) is 8.36. The molecule has 30 heavy (non-hydrogen) atoms. The second kappa shape index (κ2) is 14.6. The fourth-order valence-corrected chi connectivity index (χ4v) is 1.86. The van der Waals surface area contributed by atoms with E-state index in [1.54, 1.807) is 12.1 Å². The van der Waals surface area contributed by atoms with E-state index in [9.17, 15) is 17.6 Å². The van der Waals surface area contributed by atoms with Gasteiger partial charge in [-0.05, 0) is 24.1 Å². The summed E-state index contributed by atoms with van der Waals surface area (Å²) in [6.07, 6.45) is -4.67. The molecule has 4 N–H and O–H groups in total. The van der Waals surface area contributed by atoms with Crippen LogP contribution >= 0.6 is 0 Å². The Balaban J connectivity index is 0.00000103. The van der Waals surface area contributed by atoms with E-state index in [2.05, 4.69) is 0 Å². The van der Waals surface area contributed by atoms with E-state index >= 15 is 0 Å². The van der Waals surface area contributed by atoms with Gasteiger partial charge in [0.2, 0.25) is 5.75 Å². The molecule has 1 rings (SSSR count). The Bertz CT molecular complexity index is 601. The van der Waals surface area contributed by atoms with Crippen LogP contribution in [0.25, 0.3) is 0 Å². The standard InChI is InChI=1S/C15H24FNO6.C2HF3O2/c1-19-9-22-13-6-11(5-12(17)8-18)7-14(23-10-20-2)15(13)21-4-3-16;3-2(4,5)1(6)7/h6-7,12,18H,3-5,8-10,17H2,1-2H3;(H,6,7). The zero-order valence-corrected chi connectivity index (χ0v) is 16.4. The molecule has 0 spiro atoms. The molecule has 0 aliphatic heterocycles. The third-order valence-corrected chi connectivity index (χ3v) is 3.04. The smallest absolute Gasteiger partial charge is 0.484 e. The Morgan fingerprint density at radius 1 is 1.10 bits per heavy atom. The summed E-state index contributed by atoms with van der Waals surface area (Å²) in [5.74, 6) is -1.81. The van der Waals surface area contributed by atoms with Crippen molar-refractivity contribution in [2.24, 2.45) is 5.73 Å². The molecule has 0 amide bonds. The van der Waals surface area contributed by atoms with Gasteiger partial charge in [-0.1, -0.05) is 0 Å². The van der Waals surface area contributed by atoms with Crippen LogP contribution in [-0.4, -0.2) is 76.1 Å². The topological polar surface area (TPSA) is 130 Å². The number of alkyl halides is 4. The van der Waals surface area contributed by atoms with Crippen molar-refractivity contribution < 1.29 is 56.3 Å². The van der Waals surface area contributed by atoms with Crippen LogP contribution in [0, 0.1) is 0 Å². The number of aliphatic hydroxyl groups excluding tert-OH is 1. The lowest BCUT2D eigenvalue weighted by molar-refractivity contribution is -0.192. The highest BCUT2D eigenvalue weighted by molar-refractivity contribution is 5.73. The van der Waals surface area contributed by atoms with Gasteiger partial charge in [-0.15, -0.1) is 0 Å². The van der Waals surface area contributed by atoms with E-state index in [4.69, 9.17) is 44.4 Å². The summed E-state index contributed by atoms with van der Waals surface area (Å²) in [5.41, 5.74) is 6.54. The number of hydrogen-bond acceptors (Lipinski definition) is 8. The van der Waals surface area contributed by atoms with Crippen molar-refractivity contribution in [2.45, 2.75) is 18.6 Å². The van der Waals surface area contributed by atoms with Crippen LogP contribution in [0.2, 0.25) is 0 Å². The summed E-state index contributed by atoms with van der Waals surface area (Å²) < 4.78 is 70.3. The number of benzene rings is 1. The molecule has 13 heteroatoms. The second-order valence-electron chi connectivity index (χ2n) is 5.51. The summed E-state index contributed by atoms with van der Waals surface area (Å²) in [4.78, 5) is 8.90. The lowest BCUT2D eigenvalue weighted by atomic mass is 10.1.